The van der Waals surface area contributed by atoms with Gasteiger partial charge in [-0.2, -0.15) is 0 Å². The van der Waals surface area contributed by atoms with Gasteiger partial charge in [-0.25, -0.2) is 0 Å². The molecule has 1 amide bonds. The number of carbonyl (C=O) groups is 1. The Morgan fingerprint density at radius 1 is 1.54 bits per heavy atom. The Morgan fingerprint density at radius 3 is 2.69 bits per heavy atom. The summed E-state index contributed by atoms with van der Waals surface area (Å²) in [5, 5.41) is 3.35. The average molecular weight is 184 g/mol. The molecule has 0 aromatic rings. The average Bonchev–Trinajstić information content (AvgIpc) is 2.19. The molecule has 13 heavy (non-hydrogen) atoms. The number of hydrogen-bond acceptors (Lipinski definition) is 2. The molecule has 1 rings (SSSR count). The van der Waals surface area contributed by atoms with Gasteiger partial charge in [0, 0.05) is 13.6 Å². The third-order valence-corrected chi connectivity index (χ3v) is 3.11. The van der Waals surface area contributed by atoms with E-state index in [0.29, 0.717) is 5.92 Å². The quantitative estimate of drug-likeness (QED) is 0.655. The molecule has 0 aromatic heterocycles. The van der Waals surface area contributed by atoms with Crippen LogP contribution in [0.5, 0.6) is 0 Å². The van der Waals surface area contributed by atoms with E-state index < -0.39 is 0 Å². The highest BCUT2D eigenvalue weighted by Gasteiger charge is 2.39. The Balaban J connectivity index is 2.86. The highest BCUT2D eigenvalue weighted by Crippen LogP contribution is 2.20. The van der Waals surface area contributed by atoms with E-state index in [9.17, 15) is 4.79 Å². The zero-order chi connectivity index (χ0) is 10.1. The van der Waals surface area contributed by atoms with E-state index in [4.69, 9.17) is 0 Å². The fourth-order valence-electron chi connectivity index (χ4n) is 1.69. The first-order valence-electron chi connectivity index (χ1n) is 4.99. The van der Waals surface area contributed by atoms with E-state index in [1.54, 1.807) is 0 Å². The molecule has 1 atom stereocenters. The number of carbonyl (C=O) groups excluding carboxylic acids is 1. The number of nitrogens with one attached hydrogen (secondary N) is 1. The molecule has 0 spiro atoms. The van der Waals surface area contributed by atoms with Gasteiger partial charge in [-0.05, 0) is 25.8 Å². The standard InChI is InChI=1S/C10H20N2O/c1-8(2)10(3)9(13)12(4)7-5-6-11-10/h8,11H,5-7H2,1-4H3. The molecule has 1 N–H and O–H groups in total. The van der Waals surface area contributed by atoms with E-state index >= 15 is 0 Å². The highest BCUT2D eigenvalue weighted by atomic mass is 16.2. The van der Waals surface area contributed by atoms with Gasteiger partial charge in [-0.15, -0.1) is 0 Å². The van der Waals surface area contributed by atoms with E-state index in [0.717, 1.165) is 19.5 Å². The second-order valence-corrected chi connectivity index (χ2v) is 4.36. The molecular formula is C10H20N2O. The van der Waals surface area contributed by atoms with Crippen molar-refractivity contribution in [3.8, 4) is 0 Å². The Labute approximate surface area is 80.5 Å². The predicted molar refractivity (Wildman–Crippen MR) is 53.5 cm³/mol. The molecule has 1 aliphatic rings. The predicted octanol–water partition coefficient (Wildman–Crippen LogP) is 0.853. The summed E-state index contributed by atoms with van der Waals surface area (Å²) in [6.45, 7) is 7.98. The molecule has 0 aliphatic carbocycles. The van der Waals surface area contributed by atoms with E-state index in [2.05, 4.69) is 19.2 Å². The van der Waals surface area contributed by atoms with Crippen molar-refractivity contribution in [3.05, 3.63) is 0 Å². The molecule has 0 radical (unpaired) electrons. The fraction of sp³-hybridized carbons (Fsp3) is 0.900. The number of hydrogen-bond donors (Lipinski definition) is 1. The molecule has 1 fully saturated rings. The van der Waals surface area contributed by atoms with Crippen molar-refractivity contribution in [3.63, 3.8) is 0 Å². The summed E-state index contributed by atoms with van der Waals surface area (Å²) in [7, 11) is 1.88. The van der Waals surface area contributed by atoms with Crippen LogP contribution in [-0.2, 0) is 4.79 Å². The first-order valence-corrected chi connectivity index (χ1v) is 4.99. The van der Waals surface area contributed by atoms with Crippen molar-refractivity contribution in [2.45, 2.75) is 32.7 Å². The van der Waals surface area contributed by atoms with Crippen molar-refractivity contribution < 1.29 is 4.79 Å². The Morgan fingerprint density at radius 2 is 2.15 bits per heavy atom. The van der Waals surface area contributed by atoms with Crippen LogP contribution in [0.3, 0.4) is 0 Å². The molecule has 1 heterocycles. The van der Waals surface area contributed by atoms with E-state index in [1.807, 2.05) is 18.9 Å². The van der Waals surface area contributed by atoms with Crippen LogP contribution in [0.1, 0.15) is 27.2 Å². The monoisotopic (exact) mass is 184 g/mol. The molecule has 0 saturated carbocycles. The molecule has 1 saturated heterocycles. The van der Waals surface area contributed by atoms with Crippen molar-refractivity contribution in [2.24, 2.45) is 5.92 Å². The lowest BCUT2D eigenvalue weighted by Gasteiger charge is -2.34. The minimum absolute atomic E-state index is 0.222. The van der Waals surface area contributed by atoms with Gasteiger partial charge in [0.2, 0.25) is 5.91 Å². The van der Waals surface area contributed by atoms with Gasteiger partial charge in [0.25, 0.3) is 0 Å². The van der Waals surface area contributed by atoms with E-state index in [-0.39, 0.29) is 11.4 Å². The summed E-state index contributed by atoms with van der Waals surface area (Å²) < 4.78 is 0. The molecule has 1 aliphatic heterocycles. The van der Waals surface area contributed by atoms with Crippen LogP contribution in [0, 0.1) is 5.92 Å². The fourth-order valence-corrected chi connectivity index (χ4v) is 1.69. The Bertz CT molecular complexity index is 203. The first kappa shape index (κ1) is 10.5. The maximum Gasteiger partial charge on any atom is 0.242 e. The van der Waals surface area contributed by atoms with Gasteiger partial charge in [0.1, 0.15) is 0 Å². The molecule has 76 valence electrons. The van der Waals surface area contributed by atoms with E-state index in [1.165, 1.54) is 0 Å². The van der Waals surface area contributed by atoms with Gasteiger partial charge in [0.15, 0.2) is 0 Å². The Hall–Kier alpha value is -0.570. The Kier molecular flexibility index (Phi) is 2.96. The lowest BCUT2D eigenvalue weighted by atomic mass is 9.87. The van der Waals surface area contributed by atoms with Crippen molar-refractivity contribution in [1.29, 1.82) is 0 Å². The molecule has 0 bridgehead atoms. The smallest absolute Gasteiger partial charge is 0.242 e. The second-order valence-electron chi connectivity index (χ2n) is 4.36. The minimum Gasteiger partial charge on any atom is -0.344 e. The molecule has 0 aromatic carbocycles. The minimum atomic E-state index is -0.370. The zero-order valence-corrected chi connectivity index (χ0v) is 9.05. The van der Waals surface area contributed by atoms with Crippen molar-refractivity contribution >= 4 is 5.91 Å². The molecule has 3 nitrogen and oxygen atoms in total. The van der Waals surface area contributed by atoms with Crippen LogP contribution >= 0.6 is 0 Å². The van der Waals surface area contributed by atoms with Crippen LogP contribution in [0.25, 0.3) is 0 Å². The van der Waals surface area contributed by atoms with Crippen molar-refractivity contribution in [1.82, 2.24) is 10.2 Å². The van der Waals surface area contributed by atoms with Gasteiger partial charge in [-0.1, -0.05) is 13.8 Å². The molecular weight excluding hydrogens is 164 g/mol. The van der Waals surface area contributed by atoms with Crippen LogP contribution in [0.4, 0.5) is 0 Å². The maximum absolute atomic E-state index is 12.0. The second kappa shape index (κ2) is 3.66. The number of rotatable bonds is 1. The number of amides is 1. The van der Waals surface area contributed by atoms with Crippen LogP contribution in [0.2, 0.25) is 0 Å². The first-order chi connectivity index (χ1) is 5.98. The summed E-state index contributed by atoms with van der Waals surface area (Å²) in [6.07, 6.45) is 1.05. The zero-order valence-electron chi connectivity index (χ0n) is 9.05. The normalized spacial score (nSPS) is 30.8. The highest BCUT2D eigenvalue weighted by molar-refractivity contribution is 5.86. The lowest BCUT2D eigenvalue weighted by Crippen LogP contribution is -2.56. The summed E-state index contributed by atoms with van der Waals surface area (Å²) in [4.78, 5) is 13.8. The summed E-state index contributed by atoms with van der Waals surface area (Å²) in [6, 6.07) is 0. The van der Waals surface area contributed by atoms with Gasteiger partial charge in [-0.3, -0.25) is 4.79 Å². The summed E-state index contributed by atoms with van der Waals surface area (Å²) in [5.74, 6) is 0.556. The molecule has 3 heteroatoms. The topological polar surface area (TPSA) is 32.3 Å². The largest absolute Gasteiger partial charge is 0.344 e. The van der Waals surface area contributed by atoms with Crippen LogP contribution < -0.4 is 5.32 Å². The van der Waals surface area contributed by atoms with Crippen LogP contribution in [-0.4, -0.2) is 36.5 Å². The lowest BCUT2D eigenvalue weighted by molar-refractivity contribution is -0.137. The number of nitrogens with zero attached hydrogens (tertiary/aromatic N) is 1. The van der Waals surface area contributed by atoms with Crippen LogP contribution in [0.15, 0.2) is 0 Å². The summed E-state index contributed by atoms with van der Waals surface area (Å²) >= 11 is 0. The van der Waals surface area contributed by atoms with Crippen molar-refractivity contribution in [2.75, 3.05) is 20.1 Å². The molecule has 1 unspecified atom stereocenters. The van der Waals surface area contributed by atoms with Gasteiger partial charge in [0.05, 0.1) is 5.54 Å². The third kappa shape index (κ3) is 1.85. The number of likely N-dealkylation sites (N-methyl/N-ethyl adjacent to an activating group) is 1. The summed E-state index contributed by atoms with van der Waals surface area (Å²) in [5.41, 5.74) is -0.370. The van der Waals surface area contributed by atoms with Gasteiger partial charge < -0.3 is 10.2 Å². The van der Waals surface area contributed by atoms with Gasteiger partial charge >= 0.3 is 0 Å². The SMILES string of the molecule is CC(C)C1(C)NCCCN(C)C1=O. The maximum atomic E-state index is 12.0. The third-order valence-electron chi connectivity index (χ3n) is 3.11.